The molecule has 0 saturated carbocycles. The lowest BCUT2D eigenvalue weighted by atomic mass is 10.0. The summed E-state index contributed by atoms with van der Waals surface area (Å²) in [6.07, 6.45) is 3.78. The van der Waals surface area contributed by atoms with E-state index in [1.165, 1.54) is 22.0 Å². The van der Waals surface area contributed by atoms with Crippen molar-refractivity contribution in [1.29, 1.82) is 0 Å². The zero-order valence-electron chi connectivity index (χ0n) is 19.3. The molecule has 1 unspecified atom stereocenters. The quantitative estimate of drug-likeness (QED) is 0.132. The Hall–Kier alpha value is -3.78. The molecule has 14 heteroatoms. The van der Waals surface area contributed by atoms with E-state index in [-0.39, 0.29) is 28.3 Å². The second kappa shape index (κ2) is 10.9. The van der Waals surface area contributed by atoms with Crippen LogP contribution in [-0.4, -0.2) is 68.2 Å². The van der Waals surface area contributed by atoms with E-state index >= 15 is 0 Å². The van der Waals surface area contributed by atoms with Crippen molar-refractivity contribution < 1.29 is 33.7 Å². The van der Waals surface area contributed by atoms with Crippen LogP contribution in [0.25, 0.3) is 0 Å². The number of pyridine rings is 1. The summed E-state index contributed by atoms with van der Waals surface area (Å²) in [7, 11) is 0. The summed E-state index contributed by atoms with van der Waals surface area (Å²) >= 11 is 2.47. The number of hydrogen-bond donors (Lipinski definition) is 3. The lowest BCUT2D eigenvalue weighted by Crippen LogP contribution is -2.71. The number of carboxylic acid groups (broad SMARTS) is 1. The standard InChI is InChI=1S/C22H22N6O6S2/c1-12(2)34-26-15(14-10-36-22(24-14)23-11-29)18(30)25-16-19(31)28-17(21(32)33)13(9-35-20(16)28)8-27-6-4-3-5-7-27/h3-7,10-12,16,20H,8-9H2,1-2H3,(H2-,23,24,25,29,30,32,33)/p+1/t16?,20-/m0/s1. The average Bonchev–Trinajstić information content (AvgIpc) is 3.31. The van der Waals surface area contributed by atoms with Crippen molar-refractivity contribution in [3.8, 4) is 0 Å². The number of anilines is 1. The SMILES string of the molecule is CC(C)ON=C(C(=O)NC1C(=O)N2C(C(=O)O)=C(C[n+]3ccccc3)CS[C@@H]12)c1csc(NC=O)n1. The molecule has 1 fully saturated rings. The molecule has 12 nitrogen and oxygen atoms in total. The molecule has 36 heavy (non-hydrogen) atoms. The number of rotatable bonds is 10. The number of amides is 3. The van der Waals surface area contributed by atoms with Gasteiger partial charge in [-0.15, -0.1) is 23.1 Å². The highest BCUT2D eigenvalue weighted by Gasteiger charge is 2.54. The van der Waals surface area contributed by atoms with Gasteiger partial charge in [-0.25, -0.2) is 14.3 Å². The van der Waals surface area contributed by atoms with E-state index in [1.54, 1.807) is 13.8 Å². The molecule has 2 aromatic rings. The summed E-state index contributed by atoms with van der Waals surface area (Å²) in [6, 6.07) is 4.58. The summed E-state index contributed by atoms with van der Waals surface area (Å²) in [6.45, 7) is 3.79. The van der Waals surface area contributed by atoms with Crippen LogP contribution in [0.5, 0.6) is 0 Å². The van der Waals surface area contributed by atoms with Crippen LogP contribution in [0, 0.1) is 0 Å². The highest BCUT2D eigenvalue weighted by molar-refractivity contribution is 8.00. The third-order valence-corrected chi connectivity index (χ3v) is 7.30. The number of aliphatic carboxylic acids is 1. The predicted octanol–water partition coefficient (Wildman–Crippen LogP) is 0.567. The number of carbonyl (C=O) groups excluding carboxylic acids is 3. The Bertz CT molecular complexity index is 1240. The van der Waals surface area contributed by atoms with E-state index in [4.69, 9.17) is 4.84 Å². The van der Waals surface area contributed by atoms with Crippen LogP contribution in [0.3, 0.4) is 0 Å². The molecule has 2 aliphatic heterocycles. The van der Waals surface area contributed by atoms with E-state index in [1.807, 2.05) is 35.2 Å². The smallest absolute Gasteiger partial charge is 0.352 e. The second-order valence-corrected chi connectivity index (χ2v) is 10.0. The van der Waals surface area contributed by atoms with E-state index in [9.17, 15) is 24.3 Å². The molecule has 4 heterocycles. The lowest BCUT2D eigenvalue weighted by Gasteiger charge is -2.49. The number of aromatic nitrogens is 2. The first-order chi connectivity index (χ1) is 17.3. The van der Waals surface area contributed by atoms with E-state index in [0.717, 1.165) is 11.3 Å². The number of oxime groups is 1. The summed E-state index contributed by atoms with van der Waals surface area (Å²) < 4.78 is 1.84. The monoisotopic (exact) mass is 531 g/mol. The number of thioether (sulfide) groups is 1. The van der Waals surface area contributed by atoms with Crippen molar-refractivity contribution in [2.24, 2.45) is 5.16 Å². The molecule has 2 aliphatic rings. The molecule has 0 aromatic carbocycles. The number of nitrogens with one attached hydrogen (secondary N) is 2. The van der Waals surface area contributed by atoms with Crippen LogP contribution in [0.1, 0.15) is 19.5 Å². The first-order valence-electron chi connectivity index (χ1n) is 10.8. The fourth-order valence-corrected chi connectivity index (χ4v) is 5.63. The molecule has 188 valence electrons. The topological polar surface area (TPSA) is 154 Å². The Morgan fingerprint density at radius 1 is 1.36 bits per heavy atom. The van der Waals surface area contributed by atoms with Gasteiger partial charge in [-0.2, -0.15) is 0 Å². The Kier molecular flexibility index (Phi) is 7.64. The van der Waals surface area contributed by atoms with Gasteiger partial charge in [0, 0.05) is 28.8 Å². The van der Waals surface area contributed by atoms with Crippen molar-refractivity contribution in [2.45, 2.75) is 37.9 Å². The van der Waals surface area contributed by atoms with Crippen LogP contribution in [0.4, 0.5) is 5.13 Å². The van der Waals surface area contributed by atoms with Crippen molar-refractivity contribution in [3.05, 3.63) is 52.9 Å². The second-order valence-electron chi connectivity index (χ2n) is 8.06. The molecule has 0 radical (unpaired) electrons. The van der Waals surface area contributed by atoms with Crippen LogP contribution in [0.15, 0.2) is 52.4 Å². The highest BCUT2D eigenvalue weighted by Crippen LogP contribution is 2.40. The van der Waals surface area contributed by atoms with Crippen molar-refractivity contribution in [3.63, 3.8) is 0 Å². The first kappa shape index (κ1) is 25.3. The van der Waals surface area contributed by atoms with E-state index in [2.05, 4.69) is 20.8 Å². The van der Waals surface area contributed by atoms with Gasteiger partial charge in [0.2, 0.25) is 6.41 Å². The van der Waals surface area contributed by atoms with Gasteiger partial charge in [-0.05, 0) is 13.8 Å². The maximum Gasteiger partial charge on any atom is 0.352 e. The minimum Gasteiger partial charge on any atom is -0.477 e. The van der Waals surface area contributed by atoms with Gasteiger partial charge >= 0.3 is 5.97 Å². The number of carbonyl (C=O) groups is 4. The molecule has 0 bridgehead atoms. The summed E-state index contributed by atoms with van der Waals surface area (Å²) in [5.41, 5.74) is 0.534. The normalized spacial score (nSPS) is 19.5. The first-order valence-corrected chi connectivity index (χ1v) is 12.8. The summed E-state index contributed by atoms with van der Waals surface area (Å²) in [4.78, 5) is 59.5. The fraction of sp³-hybridized carbons (Fsp3) is 0.318. The Morgan fingerprint density at radius 2 is 2.11 bits per heavy atom. The fourth-order valence-electron chi connectivity index (χ4n) is 3.64. The minimum absolute atomic E-state index is 0.0632. The lowest BCUT2D eigenvalue weighted by molar-refractivity contribution is -0.689. The van der Waals surface area contributed by atoms with Gasteiger partial charge in [0.1, 0.15) is 28.9 Å². The van der Waals surface area contributed by atoms with Crippen LogP contribution >= 0.6 is 23.1 Å². The van der Waals surface area contributed by atoms with E-state index in [0.29, 0.717) is 24.3 Å². The van der Waals surface area contributed by atoms with Gasteiger partial charge in [0.05, 0.1) is 0 Å². The van der Waals surface area contributed by atoms with Gasteiger partial charge < -0.3 is 20.6 Å². The molecule has 1 saturated heterocycles. The highest BCUT2D eigenvalue weighted by atomic mass is 32.2. The van der Waals surface area contributed by atoms with Crippen LogP contribution in [-0.2, 0) is 30.6 Å². The Balaban J connectivity index is 1.53. The molecule has 3 N–H and O–H groups in total. The maximum atomic E-state index is 13.1. The average molecular weight is 532 g/mol. The number of thiazole rings is 1. The zero-order valence-corrected chi connectivity index (χ0v) is 20.9. The minimum atomic E-state index is -1.20. The van der Waals surface area contributed by atoms with Crippen molar-refractivity contribution in [2.75, 3.05) is 11.1 Å². The molecule has 4 rings (SSSR count). The molecular weight excluding hydrogens is 508 g/mol. The largest absolute Gasteiger partial charge is 0.477 e. The Morgan fingerprint density at radius 3 is 2.78 bits per heavy atom. The van der Waals surface area contributed by atoms with Gasteiger partial charge in [-0.1, -0.05) is 11.2 Å². The molecule has 2 aromatic heterocycles. The maximum absolute atomic E-state index is 13.1. The van der Waals surface area contributed by atoms with Gasteiger partial charge in [0.25, 0.3) is 11.8 Å². The van der Waals surface area contributed by atoms with Gasteiger partial charge in [0.15, 0.2) is 29.8 Å². The number of nitrogens with zero attached hydrogens (tertiary/aromatic N) is 4. The molecular formula is C22H23N6O6S2+. The van der Waals surface area contributed by atoms with E-state index < -0.39 is 29.2 Å². The molecule has 2 atom stereocenters. The number of β-lactam (4-membered cyclic amide) rings is 1. The Labute approximate surface area is 214 Å². The van der Waals surface area contributed by atoms with Crippen LogP contribution < -0.4 is 15.2 Å². The van der Waals surface area contributed by atoms with Gasteiger partial charge in [-0.3, -0.25) is 19.3 Å². The van der Waals surface area contributed by atoms with Crippen molar-refractivity contribution >= 4 is 58.1 Å². The van der Waals surface area contributed by atoms with Crippen LogP contribution in [0.2, 0.25) is 0 Å². The molecule has 3 amide bonds. The third kappa shape index (κ3) is 5.23. The zero-order chi connectivity index (χ0) is 25.8. The number of hydrogen-bond acceptors (Lipinski definition) is 9. The molecule has 0 aliphatic carbocycles. The van der Waals surface area contributed by atoms with Crippen molar-refractivity contribution in [1.82, 2.24) is 15.2 Å². The predicted molar refractivity (Wildman–Crippen MR) is 131 cm³/mol. The summed E-state index contributed by atoms with van der Waals surface area (Å²) in [5, 5.41) is 20.0. The number of fused-ring (bicyclic) bond motifs is 1. The third-order valence-electron chi connectivity index (χ3n) is 5.19. The number of carboxylic acids is 1. The summed E-state index contributed by atoms with van der Waals surface area (Å²) in [5.74, 6) is -2.05. The molecule has 0 spiro atoms.